The van der Waals surface area contributed by atoms with Crippen LogP contribution in [-0.4, -0.2) is 28.1 Å². The molecule has 0 fully saturated rings. The summed E-state index contributed by atoms with van der Waals surface area (Å²) >= 11 is 1.68. The van der Waals surface area contributed by atoms with E-state index in [1.54, 1.807) is 23.5 Å². The van der Waals surface area contributed by atoms with Gasteiger partial charge in [-0.25, -0.2) is 9.48 Å². The lowest BCUT2D eigenvalue weighted by molar-refractivity contribution is 0.0600. The highest BCUT2D eigenvalue weighted by molar-refractivity contribution is 7.18. The Morgan fingerprint density at radius 2 is 2.00 bits per heavy atom. The van der Waals surface area contributed by atoms with Gasteiger partial charge in [0.1, 0.15) is 5.52 Å². The van der Waals surface area contributed by atoms with Crippen molar-refractivity contribution in [1.29, 1.82) is 0 Å². The Morgan fingerprint density at radius 3 is 2.78 bits per heavy atom. The summed E-state index contributed by atoms with van der Waals surface area (Å²) in [5.74, 6) is -0.331. The maximum absolute atomic E-state index is 11.5. The van der Waals surface area contributed by atoms with E-state index in [9.17, 15) is 4.79 Å². The van der Waals surface area contributed by atoms with Crippen molar-refractivity contribution in [3.05, 3.63) is 59.0 Å². The maximum atomic E-state index is 11.5. The van der Waals surface area contributed by atoms with E-state index in [-0.39, 0.29) is 5.97 Å². The van der Waals surface area contributed by atoms with Crippen LogP contribution in [0, 0.1) is 0 Å². The molecule has 0 bridgehead atoms. The zero-order chi connectivity index (χ0) is 15.8. The number of nitrogens with zero attached hydrogens (tertiary/aromatic N) is 3. The van der Waals surface area contributed by atoms with E-state index in [4.69, 9.17) is 4.74 Å². The SMILES string of the molecule is COC(=O)c1ccc(Cn2nnc3c4sccc4ccc32)cc1. The average Bonchev–Trinajstić information content (AvgIpc) is 3.21. The summed E-state index contributed by atoms with van der Waals surface area (Å²) < 4.78 is 7.75. The van der Waals surface area contributed by atoms with Gasteiger partial charge in [-0.1, -0.05) is 23.4 Å². The molecule has 0 aliphatic heterocycles. The first-order valence-corrected chi connectivity index (χ1v) is 8.01. The molecule has 4 rings (SSSR count). The van der Waals surface area contributed by atoms with E-state index in [0.29, 0.717) is 12.1 Å². The fourth-order valence-corrected chi connectivity index (χ4v) is 3.49. The van der Waals surface area contributed by atoms with Gasteiger partial charge in [-0.15, -0.1) is 16.4 Å². The molecule has 0 N–H and O–H groups in total. The zero-order valence-corrected chi connectivity index (χ0v) is 13.2. The van der Waals surface area contributed by atoms with Gasteiger partial charge in [0.25, 0.3) is 0 Å². The normalized spacial score (nSPS) is 11.2. The molecule has 114 valence electrons. The summed E-state index contributed by atoms with van der Waals surface area (Å²) in [5.41, 5.74) is 3.54. The predicted molar refractivity (Wildman–Crippen MR) is 89.8 cm³/mol. The van der Waals surface area contributed by atoms with Gasteiger partial charge < -0.3 is 4.74 Å². The Kier molecular flexibility index (Phi) is 3.31. The lowest BCUT2D eigenvalue weighted by atomic mass is 10.1. The molecule has 0 atom stereocenters. The summed E-state index contributed by atoms with van der Waals surface area (Å²) in [7, 11) is 1.38. The second-order valence-corrected chi connectivity index (χ2v) is 6.12. The molecule has 2 heterocycles. The van der Waals surface area contributed by atoms with Crippen LogP contribution < -0.4 is 0 Å². The highest BCUT2D eigenvalue weighted by Gasteiger charge is 2.10. The first-order chi connectivity index (χ1) is 11.3. The van der Waals surface area contributed by atoms with Crippen LogP contribution in [0.3, 0.4) is 0 Å². The second kappa shape index (κ2) is 5.48. The van der Waals surface area contributed by atoms with Crippen molar-refractivity contribution in [3.8, 4) is 0 Å². The van der Waals surface area contributed by atoms with Crippen molar-refractivity contribution in [2.75, 3.05) is 7.11 Å². The van der Waals surface area contributed by atoms with E-state index in [2.05, 4.69) is 27.8 Å². The minimum absolute atomic E-state index is 0.331. The van der Waals surface area contributed by atoms with Gasteiger partial charge in [0, 0.05) is 0 Å². The molecule has 0 aliphatic rings. The number of esters is 1. The third kappa shape index (κ3) is 2.37. The molecular weight excluding hydrogens is 310 g/mol. The second-order valence-electron chi connectivity index (χ2n) is 5.21. The molecule has 0 saturated carbocycles. The van der Waals surface area contributed by atoms with Crippen LogP contribution in [-0.2, 0) is 11.3 Å². The largest absolute Gasteiger partial charge is 0.465 e. The van der Waals surface area contributed by atoms with Crippen molar-refractivity contribution in [2.24, 2.45) is 0 Å². The Bertz CT molecular complexity index is 1000. The number of thiophene rings is 1. The summed E-state index contributed by atoms with van der Waals surface area (Å²) in [6, 6.07) is 13.6. The molecule has 0 aliphatic carbocycles. The van der Waals surface area contributed by atoms with Crippen molar-refractivity contribution in [3.63, 3.8) is 0 Å². The Labute approximate surface area is 136 Å². The molecule has 5 nitrogen and oxygen atoms in total. The molecule has 0 amide bonds. The molecule has 23 heavy (non-hydrogen) atoms. The number of fused-ring (bicyclic) bond motifs is 3. The Morgan fingerprint density at radius 1 is 1.17 bits per heavy atom. The van der Waals surface area contributed by atoms with Crippen LogP contribution >= 0.6 is 11.3 Å². The van der Waals surface area contributed by atoms with Crippen LogP contribution in [0.25, 0.3) is 21.1 Å². The lowest BCUT2D eigenvalue weighted by Crippen LogP contribution is -2.04. The quantitative estimate of drug-likeness (QED) is 0.542. The molecule has 0 saturated heterocycles. The summed E-state index contributed by atoms with van der Waals surface area (Å²) in [4.78, 5) is 11.5. The molecular formula is C17H13N3O2S. The smallest absolute Gasteiger partial charge is 0.337 e. The number of methoxy groups -OCH3 is 1. The zero-order valence-electron chi connectivity index (χ0n) is 12.4. The lowest BCUT2D eigenvalue weighted by Gasteiger charge is -2.04. The summed E-state index contributed by atoms with van der Waals surface area (Å²) in [5, 5.41) is 11.9. The van der Waals surface area contributed by atoms with E-state index in [0.717, 1.165) is 21.3 Å². The first-order valence-electron chi connectivity index (χ1n) is 7.13. The fraction of sp³-hybridized carbons (Fsp3) is 0.118. The van der Waals surface area contributed by atoms with Gasteiger partial charge in [-0.05, 0) is 40.6 Å². The van der Waals surface area contributed by atoms with Gasteiger partial charge in [0.2, 0.25) is 0 Å². The number of hydrogen-bond donors (Lipinski definition) is 0. The highest BCUT2D eigenvalue weighted by atomic mass is 32.1. The number of hydrogen-bond acceptors (Lipinski definition) is 5. The van der Waals surface area contributed by atoms with Crippen LogP contribution in [0.4, 0.5) is 0 Å². The third-order valence-corrected chi connectivity index (χ3v) is 4.75. The van der Waals surface area contributed by atoms with Gasteiger partial charge in [0.05, 0.1) is 29.4 Å². The number of ether oxygens (including phenoxy) is 1. The molecule has 0 radical (unpaired) electrons. The van der Waals surface area contributed by atoms with E-state index >= 15 is 0 Å². The van der Waals surface area contributed by atoms with Gasteiger partial charge in [-0.3, -0.25) is 0 Å². The topological polar surface area (TPSA) is 57.0 Å². The number of carbonyl (C=O) groups is 1. The van der Waals surface area contributed by atoms with E-state index in [1.165, 1.54) is 12.5 Å². The van der Waals surface area contributed by atoms with Crippen LogP contribution in [0.1, 0.15) is 15.9 Å². The molecule has 2 aromatic carbocycles. The standard InChI is InChI=1S/C17H13N3O2S/c1-22-17(21)13-4-2-11(3-5-13)10-20-14-7-6-12-8-9-23-16(12)15(14)18-19-20/h2-9H,10H2,1H3. The number of rotatable bonds is 3. The third-order valence-electron chi connectivity index (χ3n) is 3.81. The van der Waals surface area contributed by atoms with Crippen LogP contribution in [0.5, 0.6) is 0 Å². The van der Waals surface area contributed by atoms with Crippen molar-refractivity contribution < 1.29 is 9.53 Å². The molecule has 2 aromatic heterocycles. The van der Waals surface area contributed by atoms with E-state index < -0.39 is 0 Å². The summed E-state index contributed by atoms with van der Waals surface area (Å²) in [6.45, 7) is 0.606. The monoisotopic (exact) mass is 323 g/mol. The van der Waals surface area contributed by atoms with Gasteiger partial charge >= 0.3 is 5.97 Å². The number of benzene rings is 2. The Balaban J connectivity index is 1.68. The molecule has 0 unspecified atom stereocenters. The van der Waals surface area contributed by atoms with Crippen LogP contribution in [0.15, 0.2) is 47.8 Å². The number of carbonyl (C=O) groups excluding carboxylic acids is 1. The minimum atomic E-state index is -0.331. The minimum Gasteiger partial charge on any atom is -0.465 e. The average molecular weight is 323 g/mol. The van der Waals surface area contributed by atoms with Gasteiger partial charge in [0.15, 0.2) is 0 Å². The fourth-order valence-electron chi connectivity index (χ4n) is 2.61. The molecule has 0 spiro atoms. The predicted octanol–water partition coefficient (Wildman–Crippen LogP) is 3.48. The van der Waals surface area contributed by atoms with Crippen molar-refractivity contribution >= 4 is 38.4 Å². The summed E-state index contributed by atoms with van der Waals surface area (Å²) in [6.07, 6.45) is 0. The Hall–Kier alpha value is -2.73. The molecule has 6 heteroatoms. The van der Waals surface area contributed by atoms with Crippen molar-refractivity contribution in [1.82, 2.24) is 15.0 Å². The number of aromatic nitrogens is 3. The van der Waals surface area contributed by atoms with Crippen molar-refractivity contribution in [2.45, 2.75) is 6.54 Å². The van der Waals surface area contributed by atoms with Gasteiger partial charge in [-0.2, -0.15) is 0 Å². The van der Waals surface area contributed by atoms with E-state index in [1.807, 2.05) is 22.9 Å². The highest BCUT2D eigenvalue weighted by Crippen LogP contribution is 2.28. The molecule has 4 aromatic rings. The maximum Gasteiger partial charge on any atom is 0.337 e. The first kappa shape index (κ1) is 13.9. The van der Waals surface area contributed by atoms with Crippen LogP contribution in [0.2, 0.25) is 0 Å².